The van der Waals surface area contributed by atoms with Crippen LogP contribution < -0.4 is 10.2 Å². The number of carboxylic acid groups (broad SMARTS) is 1. The summed E-state index contributed by atoms with van der Waals surface area (Å²) in [6.07, 6.45) is 5.51. The van der Waals surface area contributed by atoms with Gasteiger partial charge in [0.1, 0.15) is 28.2 Å². The summed E-state index contributed by atoms with van der Waals surface area (Å²) in [4.78, 5) is 30.3. The number of anilines is 4. The number of fused-ring (bicyclic) bond motifs is 1. The minimum absolute atomic E-state index is 0.112. The number of aryl methyl sites for hydroxylation is 1. The van der Waals surface area contributed by atoms with E-state index in [0.717, 1.165) is 25.3 Å². The molecule has 3 N–H and O–H groups in total. The van der Waals surface area contributed by atoms with Gasteiger partial charge in [-0.05, 0) is 37.5 Å². The second-order valence-corrected chi connectivity index (χ2v) is 8.77. The van der Waals surface area contributed by atoms with Crippen molar-refractivity contribution in [3.8, 4) is 11.8 Å². The van der Waals surface area contributed by atoms with Gasteiger partial charge in [-0.1, -0.05) is 5.92 Å². The molecule has 1 aliphatic rings. The summed E-state index contributed by atoms with van der Waals surface area (Å²) in [7, 11) is 0. The predicted molar refractivity (Wildman–Crippen MR) is 129 cm³/mol. The van der Waals surface area contributed by atoms with Gasteiger partial charge < -0.3 is 20.4 Å². The Kier molecular flexibility index (Phi) is 5.86. The number of thiazole rings is 1. The average Bonchev–Trinajstić information content (AvgIpc) is 3.54. The highest BCUT2D eigenvalue weighted by Gasteiger charge is 2.24. The predicted octanol–water partition coefficient (Wildman–Crippen LogP) is 2.77. The Morgan fingerprint density at radius 1 is 1.17 bits per heavy atom. The van der Waals surface area contributed by atoms with Crippen molar-refractivity contribution in [1.29, 1.82) is 0 Å². The third-order valence-corrected chi connectivity index (χ3v) is 6.22. The van der Waals surface area contributed by atoms with Crippen LogP contribution in [-0.2, 0) is 12.1 Å². The minimum Gasteiger partial charge on any atom is -0.478 e. The molecule has 4 aromatic heterocycles. The molecule has 11 nitrogen and oxygen atoms in total. The van der Waals surface area contributed by atoms with Crippen molar-refractivity contribution in [1.82, 2.24) is 29.7 Å². The number of aromatic carboxylic acids is 1. The summed E-state index contributed by atoms with van der Waals surface area (Å²) in [5.41, 5.74) is -0.719. The molecule has 5 heterocycles. The topological polar surface area (TPSA) is 142 Å². The fraction of sp³-hybridized carbons (Fsp3) is 0.217. The molecule has 0 bridgehead atoms. The minimum atomic E-state index is -1.36. The second kappa shape index (κ2) is 9.13. The van der Waals surface area contributed by atoms with Gasteiger partial charge in [-0.2, -0.15) is 10.1 Å². The number of hydrogen-bond donors (Lipinski definition) is 3. The highest BCUT2D eigenvalue weighted by molar-refractivity contribution is 7.09. The van der Waals surface area contributed by atoms with E-state index in [1.165, 1.54) is 29.7 Å². The van der Waals surface area contributed by atoms with E-state index in [-0.39, 0.29) is 11.5 Å². The van der Waals surface area contributed by atoms with Gasteiger partial charge in [-0.25, -0.2) is 24.4 Å². The van der Waals surface area contributed by atoms with Crippen LogP contribution in [0.15, 0.2) is 48.2 Å². The quantitative estimate of drug-likeness (QED) is 0.359. The van der Waals surface area contributed by atoms with Crippen molar-refractivity contribution in [2.45, 2.75) is 25.5 Å². The molecule has 0 radical (unpaired) electrons. The van der Waals surface area contributed by atoms with Gasteiger partial charge >= 0.3 is 5.97 Å². The maximum atomic E-state index is 11.2. The summed E-state index contributed by atoms with van der Waals surface area (Å²) >= 11 is 1.34. The van der Waals surface area contributed by atoms with Crippen molar-refractivity contribution >= 4 is 40.7 Å². The molecule has 0 saturated heterocycles. The summed E-state index contributed by atoms with van der Waals surface area (Å²) in [6, 6.07) is 6.47. The van der Waals surface area contributed by atoms with Gasteiger partial charge in [0, 0.05) is 43.1 Å². The molecule has 0 aliphatic carbocycles. The summed E-state index contributed by atoms with van der Waals surface area (Å²) < 4.78 is 1.86. The Morgan fingerprint density at radius 3 is 2.83 bits per heavy atom. The van der Waals surface area contributed by atoms with Crippen LogP contribution in [-0.4, -0.2) is 52.4 Å². The van der Waals surface area contributed by atoms with Crippen molar-refractivity contribution < 1.29 is 15.0 Å². The van der Waals surface area contributed by atoms with Gasteiger partial charge in [0.15, 0.2) is 5.60 Å². The zero-order valence-electron chi connectivity index (χ0n) is 18.6. The molecule has 1 unspecified atom stereocenters. The molecular formula is C23H20N8O3S. The number of carbonyl (C=O) groups is 1. The number of nitrogens with zero attached hydrogens (tertiary/aromatic N) is 7. The molecule has 12 heteroatoms. The van der Waals surface area contributed by atoms with Crippen LogP contribution in [0.4, 0.5) is 23.4 Å². The number of nitrogens with one attached hydrogen (secondary N) is 1. The molecule has 0 amide bonds. The van der Waals surface area contributed by atoms with Gasteiger partial charge in [-0.15, -0.1) is 11.3 Å². The van der Waals surface area contributed by atoms with Crippen molar-refractivity contribution in [3.05, 3.63) is 64.5 Å². The van der Waals surface area contributed by atoms with Gasteiger partial charge in [0.25, 0.3) is 0 Å². The number of hydrogen-bond acceptors (Lipinski definition) is 10. The lowest BCUT2D eigenvalue weighted by molar-refractivity contribution is 0.0696. The maximum Gasteiger partial charge on any atom is 0.335 e. The summed E-state index contributed by atoms with van der Waals surface area (Å²) in [6.45, 7) is 3.06. The van der Waals surface area contributed by atoms with Crippen molar-refractivity contribution in [2.75, 3.05) is 16.8 Å². The Morgan fingerprint density at radius 2 is 2.03 bits per heavy atom. The van der Waals surface area contributed by atoms with Crippen LogP contribution in [0.3, 0.4) is 0 Å². The van der Waals surface area contributed by atoms with E-state index in [1.807, 2.05) is 15.6 Å². The molecule has 176 valence electrons. The van der Waals surface area contributed by atoms with E-state index in [1.54, 1.807) is 30.8 Å². The smallest absolute Gasteiger partial charge is 0.335 e. The first-order valence-corrected chi connectivity index (χ1v) is 11.6. The molecule has 0 spiro atoms. The Hall–Kier alpha value is -4.34. The fourth-order valence-corrected chi connectivity index (χ4v) is 4.24. The molecule has 0 saturated carbocycles. The molecule has 1 aliphatic heterocycles. The fourth-order valence-electron chi connectivity index (χ4n) is 3.58. The van der Waals surface area contributed by atoms with Crippen LogP contribution in [0.5, 0.6) is 0 Å². The second-order valence-electron chi connectivity index (χ2n) is 7.87. The number of aliphatic hydroxyl groups is 1. The number of aromatic nitrogens is 6. The lowest BCUT2D eigenvalue weighted by Crippen LogP contribution is -2.28. The monoisotopic (exact) mass is 488 g/mol. The Balaban J connectivity index is 1.40. The molecule has 35 heavy (non-hydrogen) atoms. The van der Waals surface area contributed by atoms with Crippen LogP contribution in [0.2, 0.25) is 0 Å². The average molecular weight is 489 g/mol. The maximum absolute atomic E-state index is 11.2. The molecule has 1 atom stereocenters. The lowest BCUT2D eigenvalue weighted by atomic mass is 10.1. The highest BCUT2D eigenvalue weighted by atomic mass is 32.1. The number of rotatable bonds is 5. The zero-order chi connectivity index (χ0) is 24.4. The molecule has 5 rings (SSSR count). The Labute approximate surface area is 204 Å². The third-order valence-electron chi connectivity index (χ3n) is 5.23. The van der Waals surface area contributed by atoms with Gasteiger partial charge in [0.2, 0.25) is 5.95 Å². The van der Waals surface area contributed by atoms with Crippen LogP contribution in [0.25, 0.3) is 0 Å². The van der Waals surface area contributed by atoms with Crippen molar-refractivity contribution in [3.63, 3.8) is 0 Å². The van der Waals surface area contributed by atoms with E-state index in [9.17, 15) is 15.0 Å². The molecule has 4 aromatic rings. The van der Waals surface area contributed by atoms with Crippen LogP contribution in [0, 0.1) is 11.8 Å². The SMILES string of the molecule is CC(O)(C#Cc1cc2n(n1)CCCN2c1ccnc(Nc2cc(C(=O)O)ccn2)n1)c1nccs1. The van der Waals surface area contributed by atoms with E-state index in [4.69, 9.17) is 0 Å². The van der Waals surface area contributed by atoms with Gasteiger partial charge in [-0.3, -0.25) is 0 Å². The normalized spacial score (nSPS) is 14.4. The van der Waals surface area contributed by atoms with Crippen LogP contribution >= 0.6 is 11.3 Å². The zero-order valence-corrected chi connectivity index (χ0v) is 19.4. The van der Waals surface area contributed by atoms with E-state index >= 15 is 0 Å². The molecule has 0 aromatic carbocycles. The highest BCUT2D eigenvalue weighted by Crippen LogP contribution is 2.29. The third kappa shape index (κ3) is 4.81. The molecule has 0 fully saturated rings. The lowest BCUT2D eigenvalue weighted by Gasteiger charge is -2.28. The van der Waals surface area contributed by atoms with Crippen molar-refractivity contribution in [2.24, 2.45) is 0 Å². The number of pyridine rings is 1. The van der Waals surface area contributed by atoms with E-state index in [2.05, 4.69) is 42.2 Å². The van der Waals surface area contributed by atoms with Crippen LogP contribution in [0.1, 0.15) is 34.4 Å². The standard InChI is InChI=1S/C23H20N8O3S/c1-23(34,21-25-9-12-35-21)6-3-16-14-19-30(10-2-11-31(19)29-16)18-5-8-26-22(28-18)27-17-13-15(20(32)33)4-7-24-17/h4-5,7-9,12-14,34H,2,10-11H2,1H3,(H,32,33)(H,24,26,27,28). The Bertz CT molecular complexity index is 1440. The first kappa shape index (κ1) is 22.5. The van der Waals surface area contributed by atoms with Gasteiger partial charge in [0.05, 0.1) is 5.56 Å². The van der Waals surface area contributed by atoms with E-state index in [0.29, 0.717) is 22.3 Å². The number of carboxylic acids is 1. The largest absolute Gasteiger partial charge is 0.478 e. The van der Waals surface area contributed by atoms with E-state index < -0.39 is 11.6 Å². The molecular weight excluding hydrogens is 468 g/mol. The summed E-state index contributed by atoms with van der Waals surface area (Å²) in [5, 5.41) is 29.7. The first-order valence-electron chi connectivity index (χ1n) is 10.7. The first-order chi connectivity index (χ1) is 16.9. The summed E-state index contributed by atoms with van der Waals surface area (Å²) in [5.74, 6) is 6.87.